The first-order valence-corrected chi connectivity index (χ1v) is 12.7. The van der Waals surface area contributed by atoms with Crippen molar-refractivity contribution in [1.29, 1.82) is 0 Å². The van der Waals surface area contributed by atoms with Crippen molar-refractivity contribution in [3.63, 3.8) is 0 Å². The van der Waals surface area contributed by atoms with Crippen LogP contribution in [0.3, 0.4) is 0 Å². The Labute approximate surface area is 225 Å². The number of ether oxygens (including phenoxy) is 2. The fraction of sp³-hybridized carbons (Fsp3) is 0.115. The van der Waals surface area contributed by atoms with Crippen LogP contribution in [0.4, 0.5) is 10.5 Å². The molecule has 0 spiro atoms. The molecule has 1 aliphatic rings. The van der Waals surface area contributed by atoms with E-state index >= 15 is 0 Å². The molecule has 3 amide bonds. The minimum absolute atomic E-state index is 0.178. The molecule has 36 heavy (non-hydrogen) atoms. The highest BCUT2D eigenvalue weighted by atomic mass is 79.9. The largest absolute Gasteiger partial charge is 0.493 e. The summed E-state index contributed by atoms with van der Waals surface area (Å²) in [5, 5.41) is 2.96. The number of hydrogen-bond donors (Lipinski definition) is 1. The molecule has 1 N–H and O–H groups in total. The third-order valence-corrected chi connectivity index (χ3v) is 7.07. The van der Waals surface area contributed by atoms with E-state index < -0.39 is 0 Å². The summed E-state index contributed by atoms with van der Waals surface area (Å²) in [6, 6.07) is 19.2. The average Bonchev–Trinajstić information content (AvgIpc) is 3.13. The smallest absolute Gasteiger partial charge is 0.293 e. The van der Waals surface area contributed by atoms with E-state index in [1.165, 1.54) is 12.0 Å². The third kappa shape index (κ3) is 6.29. The number of anilines is 1. The highest BCUT2D eigenvalue weighted by Gasteiger charge is 2.35. The number of hydrogen-bond acceptors (Lipinski definition) is 6. The zero-order chi connectivity index (χ0) is 25.7. The Bertz CT molecular complexity index is 1350. The van der Waals surface area contributed by atoms with E-state index in [4.69, 9.17) is 21.1 Å². The van der Waals surface area contributed by atoms with E-state index in [9.17, 15) is 14.4 Å². The summed E-state index contributed by atoms with van der Waals surface area (Å²) in [5.41, 5.74) is 2.09. The fourth-order valence-corrected chi connectivity index (χ4v) is 4.73. The Kier molecular flexibility index (Phi) is 8.35. The number of nitrogens with zero attached hydrogens (tertiary/aromatic N) is 1. The number of halogens is 2. The topological polar surface area (TPSA) is 84.9 Å². The molecule has 184 valence electrons. The molecule has 0 radical (unpaired) electrons. The molecule has 7 nitrogen and oxygen atoms in total. The van der Waals surface area contributed by atoms with Crippen LogP contribution in [0.1, 0.15) is 11.1 Å². The van der Waals surface area contributed by atoms with Gasteiger partial charge in [-0.1, -0.05) is 51.8 Å². The lowest BCUT2D eigenvalue weighted by Crippen LogP contribution is -2.27. The molecule has 10 heteroatoms. The van der Waals surface area contributed by atoms with Crippen LogP contribution < -0.4 is 14.8 Å². The van der Waals surface area contributed by atoms with Gasteiger partial charge in [0.25, 0.3) is 17.1 Å². The van der Waals surface area contributed by atoms with Gasteiger partial charge in [-0.15, -0.1) is 0 Å². The fourth-order valence-electron chi connectivity index (χ4n) is 3.35. The van der Waals surface area contributed by atoms with Crippen molar-refractivity contribution in [2.45, 2.75) is 6.54 Å². The first-order chi connectivity index (χ1) is 17.3. The molecule has 1 aliphatic heterocycles. The second-order valence-electron chi connectivity index (χ2n) is 7.61. The predicted octanol–water partition coefficient (Wildman–Crippen LogP) is 6.37. The lowest BCUT2D eigenvalue weighted by Gasteiger charge is -2.13. The second kappa shape index (κ2) is 11.6. The maximum Gasteiger partial charge on any atom is 0.293 e. The van der Waals surface area contributed by atoms with Crippen LogP contribution in [0.15, 0.2) is 76.1 Å². The standard InChI is InChI=1S/C26H20BrClN2O5S/c1-34-22-12-16(6-11-21(22)35-15-24(31)29-19-9-7-18(28)8-10-19)13-23-25(32)30(26(33)36-23)14-17-4-2-3-5-20(17)27/h2-13H,14-15H2,1H3,(H,29,31)/b23-13-. The van der Waals surface area contributed by atoms with Gasteiger partial charge >= 0.3 is 0 Å². The van der Waals surface area contributed by atoms with Crippen molar-refractivity contribution in [3.05, 3.63) is 92.3 Å². The van der Waals surface area contributed by atoms with Crippen LogP contribution in [-0.2, 0) is 16.1 Å². The van der Waals surface area contributed by atoms with Gasteiger partial charge in [-0.05, 0) is 71.4 Å². The van der Waals surface area contributed by atoms with E-state index in [0.717, 1.165) is 21.8 Å². The summed E-state index contributed by atoms with van der Waals surface area (Å²) in [6.45, 7) is -0.0517. The second-order valence-corrected chi connectivity index (χ2v) is 9.90. The Morgan fingerprint density at radius 2 is 1.83 bits per heavy atom. The van der Waals surface area contributed by atoms with Gasteiger partial charge < -0.3 is 14.8 Å². The monoisotopic (exact) mass is 586 g/mol. The SMILES string of the molecule is COc1cc(/C=C2\SC(=O)N(Cc3ccccc3Br)C2=O)ccc1OCC(=O)Nc1ccc(Cl)cc1. The molecule has 1 saturated heterocycles. The van der Waals surface area contributed by atoms with E-state index in [-0.39, 0.29) is 30.2 Å². The zero-order valence-electron chi connectivity index (χ0n) is 19.0. The molecule has 1 heterocycles. The van der Waals surface area contributed by atoms with Gasteiger partial charge in [-0.25, -0.2) is 0 Å². The quantitative estimate of drug-likeness (QED) is 0.309. The van der Waals surface area contributed by atoms with Crippen LogP contribution >= 0.6 is 39.3 Å². The number of benzene rings is 3. The number of amides is 3. The molecule has 0 aromatic heterocycles. The van der Waals surface area contributed by atoms with Crippen molar-refractivity contribution in [2.75, 3.05) is 19.0 Å². The summed E-state index contributed by atoms with van der Waals surface area (Å²) >= 11 is 10.2. The highest BCUT2D eigenvalue weighted by molar-refractivity contribution is 9.10. The van der Waals surface area contributed by atoms with E-state index in [1.54, 1.807) is 48.5 Å². The summed E-state index contributed by atoms with van der Waals surface area (Å²) < 4.78 is 11.9. The predicted molar refractivity (Wildman–Crippen MR) is 144 cm³/mol. The normalized spacial score (nSPS) is 14.3. The van der Waals surface area contributed by atoms with E-state index in [2.05, 4.69) is 21.2 Å². The summed E-state index contributed by atoms with van der Waals surface area (Å²) in [5.74, 6) is 0.0412. The van der Waals surface area contributed by atoms with Crippen molar-refractivity contribution in [2.24, 2.45) is 0 Å². The minimum atomic E-state index is -0.362. The number of methoxy groups -OCH3 is 1. The lowest BCUT2D eigenvalue weighted by atomic mass is 10.1. The van der Waals surface area contributed by atoms with Crippen molar-refractivity contribution in [1.82, 2.24) is 4.90 Å². The van der Waals surface area contributed by atoms with Crippen molar-refractivity contribution < 1.29 is 23.9 Å². The molecule has 0 atom stereocenters. The van der Waals surface area contributed by atoms with Gasteiger partial charge in [0.05, 0.1) is 18.6 Å². The van der Waals surface area contributed by atoms with Crippen LogP contribution in [0.2, 0.25) is 5.02 Å². The molecule has 3 aromatic carbocycles. The summed E-state index contributed by atoms with van der Waals surface area (Å²) in [7, 11) is 1.48. The van der Waals surface area contributed by atoms with Gasteiger partial charge in [0.2, 0.25) is 0 Å². The summed E-state index contributed by atoms with van der Waals surface area (Å²) in [6.07, 6.45) is 1.63. The van der Waals surface area contributed by atoms with Gasteiger partial charge in [0.15, 0.2) is 18.1 Å². The number of carbonyl (C=O) groups excluding carboxylic acids is 3. The molecule has 1 fully saturated rings. The molecule has 0 unspecified atom stereocenters. The van der Waals surface area contributed by atoms with E-state index in [1.807, 2.05) is 24.3 Å². The maximum atomic E-state index is 12.9. The lowest BCUT2D eigenvalue weighted by molar-refractivity contribution is -0.123. The third-order valence-electron chi connectivity index (χ3n) is 5.13. The average molecular weight is 588 g/mol. The van der Waals surface area contributed by atoms with Crippen LogP contribution in [0.25, 0.3) is 6.08 Å². The first kappa shape index (κ1) is 25.8. The van der Waals surface area contributed by atoms with Crippen molar-refractivity contribution in [3.8, 4) is 11.5 Å². The Morgan fingerprint density at radius 3 is 2.56 bits per heavy atom. The number of thioether (sulfide) groups is 1. The van der Waals surface area contributed by atoms with E-state index in [0.29, 0.717) is 32.7 Å². The highest BCUT2D eigenvalue weighted by Crippen LogP contribution is 2.36. The minimum Gasteiger partial charge on any atom is -0.493 e. The number of imide groups is 1. The number of nitrogens with one attached hydrogen (secondary N) is 1. The Morgan fingerprint density at radius 1 is 1.08 bits per heavy atom. The molecule has 3 aromatic rings. The molecular formula is C26H20BrClN2O5S. The zero-order valence-corrected chi connectivity index (χ0v) is 22.2. The van der Waals surface area contributed by atoms with Crippen LogP contribution in [0, 0.1) is 0 Å². The number of rotatable bonds is 8. The Balaban J connectivity index is 1.42. The molecule has 0 bridgehead atoms. The van der Waals surface area contributed by atoms with Gasteiger partial charge in [0, 0.05) is 15.2 Å². The molecule has 0 aliphatic carbocycles. The molecule has 4 rings (SSSR count). The molecular weight excluding hydrogens is 568 g/mol. The van der Waals surface area contributed by atoms with Gasteiger partial charge in [0.1, 0.15) is 0 Å². The van der Waals surface area contributed by atoms with Crippen LogP contribution in [-0.4, -0.2) is 35.7 Å². The first-order valence-electron chi connectivity index (χ1n) is 10.7. The van der Waals surface area contributed by atoms with Crippen molar-refractivity contribution >= 4 is 68.1 Å². The molecule has 0 saturated carbocycles. The Hall–Kier alpha value is -3.27. The van der Waals surface area contributed by atoms with Gasteiger partial charge in [-0.2, -0.15) is 0 Å². The summed E-state index contributed by atoms with van der Waals surface area (Å²) in [4.78, 5) is 39.1. The maximum absolute atomic E-state index is 12.9. The van der Waals surface area contributed by atoms with Gasteiger partial charge in [-0.3, -0.25) is 19.3 Å². The van der Waals surface area contributed by atoms with Crippen LogP contribution in [0.5, 0.6) is 11.5 Å². The number of carbonyl (C=O) groups is 3.